The average Bonchev–Trinajstić information content (AvgIpc) is 2.89. The lowest BCUT2D eigenvalue weighted by atomic mass is 10.2. The van der Waals surface area contributed by atoms with Gasteiger partial charge >= 0.3 is 0 Å². The molecule has 0 aromatic heterocycles. The fraction of sp³-hybridized carbons (Fsp3) is 0.174. The van der Waals surface area contributed by atoms with Gasteiger partial charge in [-0.05, 0) is 74.0 Å². The third kappa shape index (κ3) is 3.94. The average molecular weight is 439 g/mol. The Kier molecular flexibility index (Phi) is 5.32. The smallest absolute Gasteiger partial charge is 0.264 e. The summed E-state index contributed by atoms with van der Waals surface area (Å²) in [5.74, 6) is 1.03. The van der Waals surface area contributed by atoms with Gasteiger partial charge in [-0.25, -0.2) is 8.42 Å². The van der Waals surface area contributed by atoms with Gasteiger partial charge in [-0.1, -0.05) is 6.07 Å². The number of hydrogen-bond donors (Lipinski definition) is 1. The summed E-state index contributed by atoms with van der Waals surface area (Å²) in [6.45, 7) is 4.32. The van der Waals surface area contributed by atoms with Crippen LogP contribution in [0.4, 0.5) is 11.4 Å². The third-order valence-corrected chi connectivity index (χ3v) is 6.75. The first kappa shape index (κ1) is 20.7. The zero-order valence-electron chi connectivity index (χ0n) is 17.4. The monoisotopic (exact) mass is 438 g/mol. The molecule has 3 aromatic rings. The van der Waals surface area contributed by atoms with E-state index in [1.807, 2.05) is 26.0 Å². The first-order valence-electron chi connectivity index (χ1n) is 9.75. The minimum Gasteiger partial charge on any atom is -0.494 e. The summed E-state index contributed by atoms with van der Waals surface area (Å²) >= 11 is 0. The number of sulfonamides is 1. The highest BCUT2D eigenvalue weighted by atomic mass is 32.2. The summed E-state index contributed by atoms with van der Waals surface area (Å²) in [5, 5.41) is 2.78. The molecule has 0 spiro atoms. The standard InChI is InChI=1S/C23H22N2O5S/c1-4-29-17-8-6-16(7-9-17)25(3)31(27,28)18-10-12-21-19(14-18)23(26)24-20-11-5-15(2)13-22(20)30-21/h5-14H,4H2,1-3H3,(H,24,26). The molecule has 0 saturated carbocycles. The number of carbonyl (C=O) groups is 1. The van der Waals surface area contributed by atoms with Crippen molar-refractivity contribution in [2.75, 3.05) is 23.3 Å². The van der Waals surface area contributed by atoms with Crippen LogP contribution < -0.4 is 19.1 Å². The zero-order valence-corrected chi connectivity index (χ0v) is 18.2. The molecule has 0 bridgehead atoms. The molecule has 7 nitrogen and oxygen atoms in total. The van der Waals surface area contributed by atoms with Crippen LogP contribution in [0.5, 0.6) is 17.2 Å². The predicted octanol–water partition coefficient (Wildman–Crippen LogP) is 4.58. The van der Waals surface area contributed by atoms with Gasteiger partial charge in [0.2, 0.25) is 0 Å². The molecule has 8 heteroatoms. The van der Waals surface area contributed by atoms with E-state index in [4.69, 9.17) is 9.47 Å². The molecule has 0 saturated heterocycles. The first-order valence-corrected chi connectivity index (χ1v) is 11.2. The molecule has 1 aliphatic heterocycles. The number of anilines is 2. The summed E-state index contributed by atoms with van der Waals surface area (Å²) in [6, 6.07) is 16.5. The van der Waals surface area contributed by atoms with E-state index in [1.54, 1.807) is 30.3 Å². The van der Waals surface area contributed by atoms with Gasteiger partial charge in [-0.15, -0.1) is 0 Å². The van der Waals surface area contributed by atoms with Crippen molar-refractivity contribution in [2.24, 2.45) is 0 Å². The van der Waals surface area contributed by atoms with Crippen molar-refractivity contribution in [1.29, 1.82) is 0 Å². The minimum absolute atomic E-state index is 0.0106. The Morgan fingerprint density at radius 1 is 1.00 bits per heavy atom. The molecular formula is C23H22N2O5S. The largest absolute Gasteiger partial charge is 0.494 e. The number of nitrogens with one attached hydrogen (secondary N) is 1. The summed E-state index contributed by atoms with van der Waals surface area (Å²) in [7, 11) is -2.44. The molecule has 0 atom stereocenters. The maximum atomic E-state index is 13.2. The zero-order chi connectivity index (χ0) is 22.2. The predicted molar refractivity (Wildman–Crippen MR) is 119 cm³/mol. The molecule has 0 aliphatic carbocycles. The van der Waals surface area contributed by atoms with Crippen LogP contribution in [0.2, 0.25) is 0 Å². The first-order chi connectivity index (χ1) is 14.8. The van der Waals surface area contributed by atoms with Crippen molar-refractivity contribution in [3.05, 3.63) is 71.8 Å². The summed E-state index contributed by atoms with van der Waals surface area (Å²) in [5.41, 5.74) is 2.13. The van der Waals surface area contributed by atoms with Crippen LogP contribution in [-0.2, 0) is 10.0 Å². The quantitative estimate of drug-likeness (QED) is 0.630. The normalized spacial score (nSPS) is 12.7. The third-order valence-electron chi connectivity index (χ3n) is 4.97. The Bertz CT molecular complexity index is 1250. The number of amides is 1. The number of aryl methyl sites for hydroxylation is 1. The number of fused-ring (bicyclic) bond motifs is 2. The van der Waals surface area contributed by atoms with Gasteiger partial charge in [0, 0.05) is 7.05 Å². The van der Waals surface area contributed by atoms with Crippen molar-refractivity contribution < 1.29 is 22.7 Å². The minimum atomic E-state index is -3.90. The molecular weight excluding hydrogens is 416 g/mol. The van der Waals surface area contributed by atoms with Gasteiger partial charge in [-0.3, -0.25) is 9.10 Å². The van der Waals surface area contributed by atoms with Gasteiger partial charge in [-0.2, -0.15) is 0 Å². The molecule has 0 unspecified atom stereocenters. The van der Waals surface area contributed by atoms with Crippen molar-refractivity contribution in [3.63, 3.8) is 0 Å². The second-order valence-corrected chi connectivity index (χ2v) is 9.08. The lowest BCUT2D eigenvalue weighted by Gasteiger charge is -2.20. The molecule has 0 radical (unpaired) electrons. The Labute approximate surface area is 181 Å². The van der Waals surface area contributed by atoms with Crippen molar-refractivity contribution in [3.8, 4) is 17.2 Å². The van der Waals surface area contributed by atoms with Crippen LogP contribution in [0.25, 0.3) is 0 Å². The van der Waals surface area contributed by atoms with Gasteiger partial charge < -0.3 is 14.8 Å². The van der Waals surface area contributed by atoms with Gasteiger partial charge in [0.05, 0.1) is 28.4 Å². The Hall–Kier alpha value is -3.52. The Morgan fingerprint density at radius 3 is 2.45 bits per heavy atom. The number of ether oxygens (including phenoxy) is 2. The van der Waals surface area contributed by atoms with Crippen molar-refractivity contribution in [1.82, 2.24) is 0 Å². The molecule has 4 rings (SSSR count). The highest BCUT2D eigenvalue weighted by molar-refractivity contribution is 7.92. The van der Waals surface area contributed by atoms with Crippen LogP contribution in [0.3, 0.4) is 0 Å². The van der Waals surface area contributed by atoms with Crippen molar-refractivity contribution in [2.45, 2.75) is 18.7 Å². The number of nitrogens with zero attached hydrogens (tertiary/aromatic N) is 1. The molecule has 1 N–H and O–H groups in total. The van der Waals surface area contributed by atoms with E-state index in [9.17, 15) is 13.2 Å². The van der Waals surface area contributed by atoms with Crippen LogP contribution >= 0.6 is 0 Å². The summed E-state index contributed by atoms with van der Waals surface area (Å²) < 4.78 is 38.9. The molecule has 160 valence electrons. The van der Waals surface area contributed by atoms with Gasteiger partial charge in [0.25, 0.3) is 15.9 Å². The van der Waals surface area contributed by atoms with E-state index < -0.39 is 15.9 Å². The molecule has 1 amide bonds. The van der Waals surface area contributed by atoms with Crippen LogP contribution in [0.1, 0.15) is 22.8 Å². The fourth-order valence-corrected chi connectivity index (χ4v) is 4.50. The molecule has 31 heavy (non-hydrogen) atoms. The van der Waals surface area contributed by atoms with E-state index >= 15 is 0 Å². The van der Waals surface area contributed by atoms with Crippen LogP contribution in [0.15, 0.2) is 65.6 Å². The number of benzene rings is 3. The molecule has 3 aromatic carbocycles. The van der Waals surface area contributed by atoms with Crippen molar-refractivity contribution >= 4 is 27.3 Å². The number of carbonyl (C=O) groups excluding carboxylic acids is 1. The molecule has 1 aliphatic rings. The summed E-state index contributed by atoms with van der Waals surface area (Å²) in [4.78, 5) is 12.7. The second-order valence-electron chi connectivity index (χ2n) is 7.11. The highest BCUT2D eigenvalue weighted by Gasteiger charge is 2.27. The Morgan fingerprint density at radius 2 is 1.74 bits per heavy atom. The van der Waals surface area contributed by atoms with E-state index in [0.717, 1.165) is 9.87 Å². The fourth-order valence-electron chi connectivity index (χ4n) is 3.28. The SMILES string of the molecule is CCOc1ccc(N(C)S(=O)(=O)c2ccc3c(c2)C(=O)Nc2ccc(C)cc2O3)cc1. The van der Waals surface area contributed by atoms with Gasteiger partial charge in [0.1, 0.15) is 11.5 Å². The lowest BCUT2D eigenvalue weighted by molar-refractivity contribution is 0.102. The van der Waals surface area contributed by atoms with Crippen LogP contribution in [-0.4, -0.2) is 28.0 Å². The van der Waals surface area contributed by atoms with E-state index in [0.29, 0.717) is 35.2 Å². The lowest BCUT2D eigenvalue weighted by Crippen LogP contribution is -2.26. The maximum absolute atomic E-state index is 13.2. The van der Waals surface area contributed by atoms with E-state index in [1.165, 1.54) is 25.2 Å². The molecule has 0 fully saturated rings. The number of rotatable bonds is 5. The Balaban J connectivity index is 1.68. The molecule has 1 heterocycles. The maximum Gasteiger partial charge on any atom is 0.264 e. The van der Waals surface area contributed by atoms with E-state index in [2.05, 4.69) is 5.32 Å². The topological polar surface area (TPSA) is 84.9 Å². The second kappa shape index (κ2) is 7.96. The number of hydrogen-bond acceptors (Lipinski definition) is 5. The summed E-state index contributed by atoms with van der Waals surface area (Å²) in [6.07, 6.45) is 0. The van der Waals surface area contributed by atoms with Crippen LogP contribution in [0, 0.1) is 6.92 Å². The van der Waals surface area contributed by atoms with Gasteiger partial charge in [0.15, 0.2) is 5.75 Å². The van der Waals surface area contributed by atoms with E-state index in [-0.39, 0.29) is 10.5 Å². The highest BCUT2D eigenvalue weighted by Crippen LogP contribution is 2.37.